The van der Waals surface area contributed by atoms with E-state index in [1.165, 1.54) is 17.7 Å². The summed E-state index contributed by atoms with van der Waals surface area (Å²) < 4.78 is 13.5. The predicted octanol–water partition coefficient (Wildman–Crippen LogP) is 4.82. The highest BCUT2D eigenvalue weighted by Gasteiger charge is 2.37. The summed E-state index contributed by atoms with van der Waals surface area (Å²) in [5, 5.41) is 10.3. The van der Waals surface area contributed by atoms with Gasteiger partial charge in [-0.3, -0.25) is 0 Å². The lowest BCUT2D eigenvalue weighted by Crippen LogP contribution is -2.32. The Labute approximate surface area is 129 Å². The summed E-state index contributed by atoms with van der Waals surface area (Å²) in [6.07, 6.45) is 3.21. The van der Waals surface area contributed by atoms with Gasteiger partial charge in [-0.15, -0.1) is 0 Å². The molecule has 1 atom stereocenters. The summed E-state index contributed by atoms with van der Waals surface area (Å²) in [7, 11) is 0. The van der Waals surface area contributed by atoms with Crippen LogP contribution in [0.15, 0.2) is 42.5 Å². The van der Waals surface area contributed by atoms with Gasteiger partial charge < -0.3 is 0 Å². The van der Waals surface area contributed by atoms with Crippen LogP contribution in [0.25, 0.3) is 0 Å². The van der Waals surface area contributed by atoms with Crippen LogP contribution in [-0.4, -0.2) is 0 Å². The summed E-state index contributed by atoms with van der Waals surface area (Å²) in [4.78, 5) is 0. The van der Waals surface area contributed by atoms with E-state index in [0.717, 1.165) is 24.8 Å². The minimum absolute atomic E-state index is 0.313. The molecule has 0 aliphatic heterocycles. The Kier molecular flexibility index (Phi) is 3.69. The number of rotatable bonds is 2. The van der Waals surface area contributed by atoms with Crippen molar-refractivity contribution >= 4 is 11.6 Å². The monoisotopic (exact) mass is 299 g/mol. The van der Waals surface area contributed by atoms with Gasteiger partial charge in [0.1, 0.15) is 5.82 Å². The van der Waals surface area contributed by atoms with Crippen LogP contribution in [0.2, 0.25) is 5.02 Å². The van der Waals surface area contributed by atoms with Crippen molar-refractivity contribution in [3.63, 3.8) is 0 Å². The number of fused-ring (bicyclic) bond motifs is 1. The summed E-state index contributed by atoms with van der Waals surface area (Å²) in [5.41, 5.74) is 2.39. The first-order valence-electron chi connectivity index (χ1n) is 7.08. The predicted molar refractivity (Wildman–Crippen MR) is 81.8 cm³/mol. The van der Waals surface area contributed by atoms with E-state index in [9.17, 15) is 9.65 Å². The van der Waals surface area contributed by atoms with Gasteiger partial charge in [0.2, 0.25) is 0 Å². The minimum Gasteiger partial charge on any atom is -0.207 e. The number of hydrogen-bond acceptors (Lipinski definition) is 1. The zero-order valence-electron chi connectivity index (χ0n) is 11.6. The number of aryl methyl sites for hydroxylation is 1. The Bertz CT molecular complexity index is 719. The van der Waals surface area contributed by atoms with Gasteiger partial charge in [0.15, 0.2) is 0 Å². The van der Waals surface area contributed by atoms with E-state index in [1.54, 1.807) is 6.07 Å². The Morgan fingerprint density at radius 1 is 1.24 bits per heavy atom. The molecule has 0 bridgehead atoms. The van der Waals surface area contributed by atoms with Crippen LogP contribution < -0.4 is 0 Å². The largest absolute Gasteiger partial charge is 0.207 e. The molecule has 0 saturated heterocycles. The Morgan fingerprint density at radius 3 is 2.86 bits per heavy atom. The number of halogens is 2. The maximum atomic E-state index is 13.5. The van der Waals surface area contributed by atoms with Gasteiger partial charge in [-0.25, -0.2) is 4.39 Å². The maximum absolute atomic E-state index is 13.5. The van der Waals surface area contributed by atoms with Crippen molar-refractivity contribution in [1.29, 1.82) is 5.26 Å². The van der Waals surface area contributed by atoms with Crippen molar-refractivity contribution in [3.05, 3.63) is 70.0 Å². The van der Waals surface area contributed by atoms with Gasteiger partial charge in [-0.05, 0) is 60.6 Å². The molecule has 106 valence electrons. The zero-order valence-corrected chi connectivity index (χ0v) is 12.3. The van der Waals surface area contributed by atoms with Crippen molar-refractivity contribution in [2.45, 2.75) is 31.1 Å². The second-order valence-corrected chi connectivity index (χ2v) is 6.02. The topological polar surface area (TPSA) is 23.8 Å². The second-order valence-electron chi connectivity index (χ2n) is 5.62. The first-order valence-corrected chi connectivity index (χ1v) is 7.46. The minimum atomic E-state index is -0.605. The van der Waals surface area contributed by atoms with Crippen molar-refractivity contribution in [3.8, 4) is 6.07 Å². The van der Waals surface area contributed by atoms with Crippen LogP contribution in [0.3, 0.4) is 0 Å². The van der Waals surface area contributed by atoms with Crippen LogP contribution in [-0.2, 0) is 18.3 Å². The molecule has 1 aliphatic rings. The third-order valence-electron chi connectivity index (χ3n) is 4.30. The molecule has 0 amide bonds. The van der Waals surface area contributed by atoms with Gasteiger partial charge in [0.05, 0.1) is 11.5 Å². The lowest BCUT2D eigenvalue weighted by Gasteiger charge is -2.33. The molecule has 1 aliphatic carbocycles. The Hall–Kier alpha value is -1.85. The van der Waals surface area contributed by atoms with Gasteiger partial charge in [0, 0.05) is 5.02 Å². The van der Waals surface area contributed by atoms with E-state index in [4.69, 9.17) is 11.6 Å². The highest BCUT2D eigenvalue weighted by atomic mass is 35.5. The molecule has 0 radical (unpaired) electrons. The summed E-state index contributed by atoms with van der Waals surface area (Å²) >= 11 is 6.19. The van der Waals surface area contributed by atoms with Crippen LogP contribution in [0, 0.1) is 17.1 Å². The van der Waals surface area contributed by atoms with Gasteiger partial charge in [0.25, 0.3) is 0 Å². The fourth-order valence-corrected chi connectivity index (χ4v) is 3.45. The van der Waals surface area contributed by atoms with E-state index in [0.29, 0.717) is 17.0 Å². The Morgan fingerprint density at radius 2 is 2.05 bits per heavy atom. The van der Waals surface area contributed by atoms with E-state index in [-0.39, 0.29) is 5.82 Å². The molecule has 2 aromatic carbocycles. The Balaban J connectivity index is 2.07. The first-order chi connectivity index (χ1) is 10.1. The fourth-order valence-electron chi connectivity index (χ4n) is 3.26. The molecule has 0 fully saturated rings. The van der Waals surface area contributed by atoms with E-state index >= 15 is 0 Å². The lowest BCUT2D eigenvalue weighted by atomic mass is 9.68. The van der Waals surface area contributed by atoms with Crippen molar-refractivity contribution in [1.82, 2.24) is 0 Å². The average molecular weight is 300 g/mol. The highest BCUT2D eigenvalue weighted by Crippen LogP contribution is 2.40. The number of hydrogen-bond donors (Lipinski definition) is 0. The third-order valence-corrected chi connectivity index (χ3v) is 4.67. The van der Waals surface area contributed by atoms with Crippen LogP contribution >= 0.6 is 11.6 Å². The summed E-state index contributed by atoms with van der Waals surface area (Å²) in [6.45, 7) is 0. The molecular formula is C18H15ClFN. The molecule has 2 aromatic rings. The molecule has 21 heavy (non-hydrogen) atoms. The number of benzene rings is 2. The average Bonchev–Trinajstić information content (AvgIpc) is 2.51. The van der Waals surface area contributed by atoms with Crippen LogP contribution in [0.1, 0.15) is 29.5 Å². The lowest BCUT2D eigenvalue weighted by molar-refractivity contribution is 0.449. The highest BCUT2D eigenvalue weighted by molar-refractivity contribution is 6.31. The second kappa shape index (κ2) is 5.50. The molecule has 1 nitrogen and oxygen atoms in total. The molecule has 0 spiro atoms. The molecule has 0 aromatic heterocycles. The van der Waals surface area contributed by atoms with E-state index in [1.807, 2.05) is 18.2 Å². The van der Waals surface area contributed by atoms with Gasteiger partial charge in [-0.2, -0.15) is 5.26 Å². The van der Waals surface area contributed by atoms with Crippen LogP contribution in [0.4, 0.5) is 4.39 Å². The van der Waals surface area contributed by atoms with Crippen LogP contribution in [0.5, 0.6) is 0 Å². The third kappa shape index (κ3) is 2.54. The molecule has 1 unspecified atom stereocenters. The smallest absolute Gasteiger partial charge is 0.123 e. The first kappa shape index (κ1) is 14.1. The molecule has 3 heteroatoms. The maximum Gasteiger partial charge on any atom is 0.123 e. The standard InChI is InChI=1S/C18H15ClFN/c19-17-8-7-15(20)10-14(17)11-18(12-21)9-3-5-13-4-1-2-6-16(13)18/h1-2,4,6-8,10H,3,5,9,11H2. The number of nitriles is 1. The van der Waals surface area contributed by atoms with Crippen molar-refractivity contribution in [2.24, 2.45) is 0 Å². The summed E-state index contributed by atoms with van der Waals surface area (Å²) in [5.74, 6) is -0.313. The molecule has 0 saturated carbocycles. The molecular weight excluding hydrogens is 285 g/mol. The quantitative estimate of drug-likeness (QED) is 0.780. The zero-order chi connectivity index (χ0) is 14.9. The number of nitrogens with zero attached hydrogens (tertiary/aromatic N) is 1. The fraction of sp³-hybridized carbons (Fsp3) is 0.278. The van der Waals surface area contributed by atoms with E-state index < -0.39 is 5.41 Å². The molecule has 0 heterocycles. The van der Waals surface area contributed by atoms with Gasteiger partial charge >= 0.3 is 0 Å². The van der Waals surface area contributed by atoms with Crippen molar-refractivity contribution in [2.75, 3.05) is 0 Å². The van der Waals surface area contributed by atoms with Crippen molar-refractivity contribution < 1.29 is 4.39 Å². The summed E-state index contributed by atoms with van der Waals surface area (Å²) in [6, 6.07) is 14.9. The normalized spacial score (nSPS) is 20.6. The van der Waals surface area contributed by atoms with E-state index in [2.05, 4.69) is 12.1 Å². The van der Waals surface area contributed by atoms with Gasteiger partial charge in [-0.1, -0.05) is 35.9 Å². The SMILES string of the molecule is N#CC1(Cc2cc(F)ccc2Cl)CCCc2ccccc21. The molecule has 0 N–H and O–H groups in total. The molecule has 3 rings (SSSR count).